The summed E-state index contributed by atoms with van der Waals surface area (Å²) in [5.74, 6) is 0.288. The molecule has 0 bridgehead atoms. The molecule has 4 N–H and O–H groups in total. The van der Waals surface area contributed by atoms with Crippen molar-refractivity contribution >= 4 is 38.6 Å². The van der Waals surface area contributed by atoms with Crippen LogP contribution < -0.4 is 11.5 Å². The molecule has 0 aliphatic rings. The average molecular weight is 418 g/mol. The summed E-state index contributed by atoms with van der Waals surface area (Å²) >= 11 is 3.19. The molecule has 0 unspecified atom stereocenters. The Balaban J connectivity index is 0.000000163. The number of nitrogens with two attached hydrogens (primary N) is 2. The van der Waals surface area contributed by atoms with Gasteiger partial charge in [0.1, 0.15) is 15.6 Å². The lowest BCUT2D eigenvalue weighted by Crippen LogP contribution is -2.03. The maximum atomic E-state index is 12.6. The fourth-order valence-corrected chi connectivity index (χ4v) is 2.29. The summed E-state index contributed by atoms with van der Waals surface area (Å²) in [6.07, 6.45) is -0.0423. The molecule has 8 nitrogen and oxygen atoms in total. The first-order chi connectivity index (χ1) is 12.4. The number of anilines is 2. The Bertz CT molecular complexity index is 1020. The van der Waals surface area contributed by atoms with Crippen molar-refractivity contribution in [1.29, 1.82) is 0 Å². The van der Waals surface area contributed by atoms with Gasteiger partial charge in [0.2, 0.25) is 0 Å². The first-order valence-electron chi connectivity index (χ1n) is 7.16. The van der Waals surface area contributed by atoms with E-state index < -0.39 is 19.3 Å². The van der Waals surface area contributed by atoms with E-state index >= 15 is 0 Å². The van der Waals surface area contributed by atoms with Gasteiger partial charge in [-0.3, -0.25) is 4.39 Å². The Labute approximate surface area is 148 Å². The number of fused-ring (bicyclic) bond motifs is 2. The van der Waals surface area contributed by atoms with Crippen LogP contribution in [0.1, 0.15) is 1.37 Å². The second-order valence-electron chi connectivity index (χ2n) is 4.32. The van der Waals surface area contributed by atoms with Crippen LogP contribution in [-0.2, 0) is 0 Å². The van der Waals surface area contributed by atoms with Gasteiger partial charge in [-0.1, -0.05) is 0 Å². The molecule has 4 rings (SSSR count). The molecule has 0 radical (unpaired) electrons. The van der Waals surface area contributed by atoms with Gasteiger partial charge in [-0.05, 0) is 40.2 Å². The molecular weight excluding hydrogens is 405 g/mol. The van der Waals surface area contributed by atoms with E-state index in [9.17, 15) is 13.2 Å². The number of halogens is 4. The van der Waals surface area contributed by atoms with Gasteiger partial charge in [0.15, 0.2) is 11.6 Å². The van der Waals surface area contributed by atoms with Crippen molar-refractivity contribution < 1.29 is 14.5 Å². The van der Waals surface area contributed by atoms with E-state index in [2.05, 4.69) is 36.1 Å². The lowest BCUT2D eigenvalue weighted by atomic mass is 10.5. The molecule has 0 spiro atoms. The van der Waals surface area contributed by atoms with Crippen LogP contribution in [0.5, 0.6) is 0 Å². The molecule has 0 atom stereocenters. The highest BCUT2D eigenvalue weighted by Gasteiger charge is 2.06. The summed E-state index contributed by atoms with van der Waals surface area (Å²) in [4.78, 5) is 6.73. The van der Waals surface area contributed by atoms with Crippen LogP contribution in [0.2, 0.25) is 0 Å². The van der Waals surface area contributed by atoms with Crippen molar-refractivity contribution in [1.82, 2.24) is 29.2 Å². The summed E-state index contributed by atoms with van der Waals surface area (Å²) < 4.78 is 43.9. The predicted molar refractivity (Wildman–Crippen MR) is 89.4 cm³/mol. The molecule has 132 valence electrons. The average Bonchev–Trinajstić information content (AvgIpc) is 3.16. The molecule has 0 aromatic carbocycles. The van der Waals surface area contributed by atoms with E-state index in [0.717, 1.165) is 0 Å². The van der Waals surface area contributed by atoms with E-state index in [1.54, 1.807) is 30.5 Å². The minimum atomic E-state index is -1.00. The smallest absolute Gasteiger partial charge is 0.327 e. The molecule has 0 saturated carbocycles. The van der Waals surface area contributed by atoms with Gasteiger partial charge >= 0.3 is 12.2 Å². The van der Waals surface area contributed by atoms with Gasteiger partial charge in [0, 0.05) is 6.20 Å². The summed E-state index contributed by atoms with van der Waals surface area (Å²) in [7, 11) is -1.00. The molecule has 4 aromatic heterocycles. The Morgan fingerprint density at radius 3 is 2.32 bits per heavy atom. The molecule has 0 amide bonds. The van der Waals surface area contributed by atoms with Gasteiger partial charge in [-0.2, -0.15) is 18.7 Å². The number of rotatable bonds is 0. The lowest BCUT2D eigenvalue weighted by molar-refractivity contribution is 0.513. The summed E-state index contributed by atoms with van der Waals surface area (Å²) in [6.45, 7) is 0. The Morgan fingerprint density at radius 2 is 1.64 bits per heavy atom. The molecule has 0 saturated heterocycles. The molecule has 0 aliphatic heterocycles. The van der Waals surface area contributed by atoms with E-state index in [1.165, 1.54) is 9.03 Å². The zero-order chi connectivity index (χ0) is 19.3. The number of nitrogens with zero attached hydrogens (tertiary/aromatic N) is 6. The van der Waals surface area contributed by atoms with Crippen LogP contribution in [0, 0.1) is 12.2 Å². The molecule has 4 aromatic rings. The number of alkyl halides is 1. The Morgan fingerprint density at radius 1 is 1.04 bits per heavy atom. The zero-order valence-electron chi connectivity index (χ0n) is 13.4. The van der Waals surface area contributed by atoms with Gasteiger partial charge in [-0.25, -0.2) is 9.03 Å². The van der Waals surface area contributed by atoms with Gasteiger partial charge in [0.05, 0.1) is 8.52 Å². The topological polar surface area (TPSA) is 112 Å². The third kappa shape index (κ3) is 3.96. The molecule has 4 heterocycles. The highest BCUT2D eigenvalue weighted by molar-refractivity contribution is 9.10. The van der Waals surface area contributed by atoms with Gasteiger partial charge < -0.3 is 11.5 Å². The molecule has 12 heteroatoms. The number of nitrogen functional groups attached to an aromatic ring is 2. The highest BCUT2D eigenvalue weighted by atomic mass is 79.9. The lowest BCUT2D eigenvalue weighted by Gasteiger charge is -1.97. The predicted octanol–water partition coefficient (Wildman–Crippen LogP) is 2.25. The van der Waals surface area contributed by atoms with Crippen LogP contribution in [0.4, 0.5) is 24.8 Å². The monoisotopic (exact) mass is 417 g/mol. The maximum Gasteiger partial charge on any atom is 0.327 e. The zero-order valence-corrected chi connectivity index (χ0v) is 14.0. The quantitative estimate of drug-likeness (QED) is 0.453. The van der Waals surface area contributed by atoms with E-state index in [1.807, 2.05) is 0 Å². The van der Waals surface area contributed by atoms with Gasteiger partial charge in [0.25, 0.3) is 0 Å². The second kappa shape index (κ2) is 7.79. The minimum Gasteiger partial charge on any atom is -0.382 e. The van der Waals surface area contributed by atoms with Crippen molar-refractivity contribution in [3.8, 4) is 0 Å². The van der Waals surface area contributed by atoms with Crippen LogP contribution >= 0.6 is 15.9 Å². The van der Waals surface area contributed by atoms with E-state index in [4.69, 9.17) is 12.8 Å². The maximum absolute atomic E-state index is 12.6. The van der Waals surface area contributed by atoms with Crippen LogP contribution in [0.15, 0.2) is 35.1 Å². The number of aromatic nitrogens is 6. The van der Waals surface area contributed by atoms with Crippen molar-refractivity contribution in [3.05, 3.63) is 47.2 Å². The van der Waals surface area contributed by atoms with E-state index in [0.29, 0.717) is 15.6 Å². The fraction of sp³-hybridized carbons (Fsp3) is 0.0769. The minimum absolute atomic E-state index is 0.133. The van der Waals surface area contributed by atoms with Crippen molar-refractivity contribution in [2.75, 3.05) is 18.6 Å². The normalized spacial score (nSPS) is 10.6. The SMILES string of the molecule is Nc1nc(F)nn2c(Br)ccc12.Nc1nc(F)nn2cccc12.[2H]CF. The summed E-state index contributed by atoms with van der Waals surface area (Å²) in [6, 6.07) is 6.87. The summed E-state index contributed by atoms with van der Waals surface area (Å²) in [5.41, 5.74) is 12.0. The summed E-state index contributed by atoms with van der Waals surface area (Å²) in [5, 5.41) is 6.96. The third-order valence-electron chi connectivity index (χ3n) is 2.86. The van der Waals surface area contributed by atoms with Gasteiger partial charge in [-0.15, -0.1) is 10.2 Å². The van der Waals surface area contributed by atoms with Crippen molar-refractivity contribution in [3.63, 3.8) is 0 Å². The first-order valence-corrected chi connectivity index (χ1v) is 7.24. The van der Waals surface area contributed by atoms with Crippen molar-refractivity contribution in [2.24, 2.45) is 0 Å². The highest BCUT2D eigenvalue weighted by Crippen LogP contribution is 2.17. The number of hydrogen-bond acceptors (Lipinski definition) is 6. The Kier molecular flexibility index (Phi) is 5.28. The van der Waals surface area contributed by atoms with Crippen LogP contribution in [-0.4, -0.2) is 36.3 Å². The second-order valence-corrected chi connectivity index (χ2v) is 5.14. The fourth-order valence-electron chi connectivity index (χ4n) is 1.89. The largest absolute Gasteiger partial charge is 0.382 e. The molecular formula is C13H12BrF3N8. The standard InChI is InChI=1S/C6H4BrFN4.C6H5FN4.CH3F/c7-4-2-1-3-5(9)10-6(8)11-12(3)4;7-6-9-5(8)4-2-1-3-11(4)10-6;1-2/h1-2H,(H2,9,10,11);1-3H,(H2,8,9,10);1H3/i;;1D. The third-order valence-corrected chi connectivity index (χ3v) is 3.46. The van der Waals surface area contributed by atoms with Crippen LogP contribution in [0.25, 0.3) is 11.0 Å². The first kappa shape index (κ1) is 17.0. The van der Waals surface area contributed by atoms with E-state index in [-0.39, 0.29) is 11.6 Å². The molecule has 0 fully saturated rings. The Hall–Kier alpha value is -2.89. The molecule has 25 heavy (non-hydrogen) atoms. The molecule has 0 aliphatic carbocycles. The van der Waals surface area contributed by atoms with Crippen molar-refractivity contribution in [2.45, 2.75) is 0 Å². The van der Waals surface area contributed by atoms with Crippen LogP contribution in [0.3, 0.4) is 0 Å². The number of hydrogen-bond donors (Lipinski definition) is 2.